The predicted octanol–water partition coefficient (Wildman–Crippen LogP) is 2.60. The average Bonchev–Trinajstić information content (AvgIpc) is 2.26. The molecule has 0 spiro atoms. The zero-order chi connectivity index (χ0) is 10.4. The Morgan fingerprint density at radius 2 is 2.14 bits per heavy atom. The Morgan fingerprint density at radius 1 is 1.43 bits per heavy atom. The van der Waals surface area contributed by atoms with Crippen molar-refractivity contribution in [2.45, 2.75) is 20.3 Å². The van der Waals surface area contributed by atoms with E-state index in [4.69, 9.17) is 0 Å². The maximum absolute atomic E-state index is 10.6. The van der Waals surface area contributed by atoms with E-state index in [1.807, 2.05) is 24.5 Å². The molecule has 1 N–H and O–H groups in total. The number of hydrogen-bond donors (Lipinski definition) is 1. The van der Waals surface area contributed by atoms with Crippen LogP contribution in [0.4, 0.5) is 5.69 Å². The van der Waals surface area contributed by atoms with E-state index >= 15 is 0 Å². The Hall–Kier alpha value is -1.31. The first-order valence-electron chi connectivity index (χ1n) is 4.99. The van der Waals surface area contributed by atoms with Crippen molar-refractivity contribution in [2.75, 3.05) is 11.9 Å². The van der Waals surface area contributed by atoms with Crippen molar-refractivity contribution in [3.05, 3.63) is 29.8 Å². The van der Waals surface area contributed by atoms with Crippen LogP contribution in [0.25, 0.3) is 0 Å². The fraction of sp³-hybridized carbons (Fsp3) is 0.417. The lowest BCUT2D eigenvalue weighted by atomic mass is 10.1. The Morgan fingerprint density at radius 3 is 2.79 bits per heavy atom. The van der Waals surface area contributed by atoms with E-state index in [0.29, 0.717) is 11.5 Å². The van der Waals surface area contributed by atoms with Crippen molar-refractivity contribution in [3.63, 3.8) is 0 Å². The van der Waals surface area contributed by atoms with Crippen LogP contribution >= 0.6 is 0 Å². The van der Waals surface area contributed by atoms with Gasteiger partial charge >= 0.3 is 0 Å². The molecule has 0 saturated heterocycles. The van der Waals surface area contributed by atoms with Crippen LogP contribution in [0.15, 0.2) is 24.3 Å². The third-order valence-electron chi connectivity index (χ3n) is 2.37. The van der Waals surface area contributed by atoms with E-state index in [0.717, 1.165) is 18.7 Å². The molecule has 0 saturated carbocycles. The van der Waals surface area contributed by atoms with Gasteiger partial charge in [0.1, 0.15) is 0 Å². The number of para-hydroxylation sites is 1. The largest absolute Gasteiger partial charge is 0.384 e. The first kappa shape index (κ1) is 10.8. The van der Waals surface area contributed by atoms with Crippen LogP contribution in [0, 0.1) is 5.92 Å². The minimum Gasteiger partial charge on any atom is -0.384 e. The summed E-state index contributed by atoms with van der Waals surface area (Å²) in [5, 5.41) is 3.25. The van der Waals surface area contributed by atoms with Crippen LogP contribution < -0.4 is 5.32 Å². The highest BCUT2D eigenvalue weighted by Gasteiger charge is 2.02. The van der Waals surface area contributed by atoms with Crippen LogP contribution in [0.2, 0.25) is 0 Å². The molecule has 0 heterocycles. The molecule has 1 unspecified atom stereocenters. The molecule has 2 nitrogen and oxygen atoms in total. The second-order valence-corrected chi connectivity index (χ2v) is 3.54. The molecular formula is C12H16NO. The highest BCUT2D eigenvalue weighted by atomic mass is 16.1. The maximum atomic E-state index is 10.6. The number of rotatable bonds is 5. The van der Waals surface area contributed by atoms with Crippen LogP contribution in [0.5, 0.6) is 0 Å². The summed E-state index contributed by atoms with van der Waals surface area (Å²) in [6, 6.07) is 7.43. The monoisotopic (exact) mass is 190 g/mol. The number of benzene rings is 1. The molecule has 75 valence electrons. The molecule has 1 aromatic carbocycles. The lowest BCUT2D eigenvalue weighted by Gasteiger charge is -2.12. The zero-order valence-corrected chi connectivity index (χ0v) is 8.71. The van der Waals surface area contributed by atoms with Crippen molar-refractivity contribution in [3.8, 4) is 0 Å². The van der Waals surface area contributed by atoms with E-state index in [2.05, 4.69) is 19.2 Å². The number of anilines is 1. The molecule has 0 aliphatic heterocycles. The predicted molar refractivity (Wildman–Crippen MR) is 59.2 cm³/mol. The summed E-state index contributed by atoms with van der Waals surface area (Å²) in [5.74, 6) is 0.620. The fourth-order valence-electron chi connectivity index (χ4n) is 1.15. The van der Waals surface area contributed by atoms with Gasteiger partial charge in [0, 0.05) is 17.8 Å². The summed E-state index contributed by atoms with van der Waals surface area (Å²) in [5.41, 5.74) is 1.48. The Balaban J connectivity index is 2.61. The molecule has 1 rings (SSSR count). The summed E-state index contributed by atoms with van der Waals surface area (Å²) in [6.07, 6.45) is 3.06. The molecule has 2 heteroatoms. The van der Waals surface area contributed by atoms with Crippen LogP contribution in [0.3, 0.4) is 0 Å². The Bertz CT molecular complexity index is 296. The molecule has 0 fully saturated rings. The summed E-state index contributed by atoms with van der Waals surface area (Å²) < 4.78 is 0. The molecule has 0 bridgehead atoms. The third kappa shape index (κ3) is 2.87. The molecule has 0 amide bonds. The van der Waals surface area contributed by atoms with Gasteiger partial charge in [0.2, 0.25) is 6.29 Å². The van der Waals surface area contributed by atoms with Crippen molar-refractivity contribution in [1.29, 1.82) is 0 Å². The first-order chi connectivity index (χ1) is 6.77. The Labute approximate surface area is 85.3 Å². The van der Waals surface area contributed by atoms with Crippen molar-refractivity contribution in [1.82, 2.24) is 0 Å². The van der Waals surface area contributed by atoms with Gasteiger partial charge in [-0.1, -0.05) is 32.4 Å². The summed E-state index contributed by atoms with van der Waals surface area (Å²) in [4.78, 5) is 10.6. The van der Waals surface area contributed by atoms with Gasteiger partial charge < -0.3 is 5.32 Å². The van der Waals surface area contributed by atoms with Crippen molar-refractivity contribution < 1.29 is 4.79 Å². The lowest BCUT2D eigenvalue weighted by Crippen LogP contribution is -2.11. The molecule has 0 aromatic heterocycles. The summed E-state index contributed by atoms with van der Waals surface area (Å²) in [7, 11) is 0. The van der Waals surface area contributed by atoms with Crippen LogP contribution in [0.1, 0.15) is 25.8 Å². The molecule has 0 aliphatic carbocycles. The van der Waals surface area contributed by atoms with Crippen molar-refractivity contribution >= 4 is 12.0 Å². The van der Waals surface area contributed by atoms with Crippen LogP contribution in [-0.2, 0) is 4.79 Å². The molecular weight excluding hydrogens is 174 g/mol. The van der Waals surface area contributed by atoms with Gasteiger partial charge in [-0.15, -0.1) is 0 Å². The molecule has 0 aliphatic rings. The summed E-state index contributed by atoms with van der Waals surface area (Å²) >= 11 is 0. The molecule has 1 radical (unpaired) electrons. The van der Waals surface area contributed by atoms with Gasteiger partial charge in [-0.3, -0.25) is 4.79 Å². The second kappa shape index (κ2) is 5.43. The van der Waals surface area contributed by atoms with Gasteiger partial charge in [-0.05, 0) is 18.1 Å². The second-order valence-electron chi connectivity index (χ2n) is 3.54. The van der Waals surface area contributed by atoms with Crippen LogP contribution in [-0.4, -0.2) is 12.8 Å². The molecule has 1 aromatic rings. The number of carbonyl (C=O) groups excluding carboxylic acids is 1. The minimum absolute atomic E-state index is 0.607. The van der Waals surface area contributed by atoms with E-state index < -0.39 is 0 Å². The lowest BCUT2D eigenvalue weighted by molar-refractivity contribution is 0.562. The van der Waals surface area contributed by atoms with E-state index in [1.54, 1.807) is 6.07 Å². The summed E-state index contributed by atoms with van der Waals surface area (Å²) in [6.45, 7) is 5.24. The standard InChI is InChI=1S/C12H16NO/c1-3-10(2)8-13-12-7-5-4-6-11(12)9-14/h4-7,10,13H,3,8H2,1-2H3. The van der Waals surface area contributed by atoms with Gasteiger partial charge in [-0.25, -0.2) is 0 Å². The smallest absolute Gasteiger partial charge is 0.235 e. The normalized spacial score (nSPS) is 12.1. The molecule has 14 heavy (non-hydrogen) atoms. The van der Waals surface area contributed by atoms with Gasteiger partial charge in [0.15, 0.2) is 0 Å². The first-order valence-corrected chi connectivity index (χ1v) is 4.99. The topological polar surface area (TPSA) is 29.1 Å². The number of hydrogen-bond acceptors (Lipinski definition) is 2. The van der Waals surface area contributed by atoms with E-state index in [1.165, 1.54) is 0 Å². The third-order valence-corrected chi connectivity index (χ3v) is 2.37. The zero-order valence-electron chi connectivity index (χ0n) is 8.71. The SMILES string of the molecule is CCC(C)CNc1ccccc1[C]=O. The minimum atomic E-state index is 0.607. The number of nitrogens with one attached hydrogen (secondary N) is 1. The highest BCUT2D eigenvalue weighted by Crippen LogP contribution is 2.13. The quantitative estimate of drug-likeness (QED) is 0.773. The Kier molecular flexibility index (Phi) is 4.17. The fourth-order valence-corrected chi connectivity index (χ4v) is 1.15. The molecule has 1 atom stereocenters. The van der Waals surface area contributed by atoms with Gasteiger partial charge in [0.05, 0.1) is 0 Å². The van der Waals surface area contributed by atoms with Gasteiger partial charge in [0.25, 0.3) is 0 Å². The van der Waals surface area contributed by atoms with Gasteiger partial charge in [-0.2, -0.15) is 0 Å². The van der Waals surface area contributed by atoms with Crippen molar-refractivity contribution in [2.24, 2.45) is 5.92 Å². The van der Waals surface area contributed by atoms with E-state index in [9.17, 15) is 4.79 Å². The van der Waals surface area contributed by atoms with E-state index in [-0.39, 0.29) is 0 Å². The maximum Gasteiger partial charge on any atom is 0.235 e. The highest BCUT2D eigenvalue weighted by molar-refractivity contribution is 5.84. The average molecular weight is 190 g/mol.